The number of hydrogen-bond acceptors (Lipinski definition) is 6. The third kappa shape index (κ3) is 5.12. The van der Waals surface area contributed by atoms with Gasteiger partial charge in [-0.25, -0.2) is 4.39 Å². The van der Waals surface area contributed by atoms with Gasteiger partial charge in [0.1, 0.15) is 29.1 Å². The first kappa shape index (κ1) is 26.4. The lowest BCUT2D eigenvalue weighted by Crippen LogP contribution is -2.38. The van der Waals surface area contributed by atoms with Crippen LogP contribution in [0.5, 0.6) is 5.75 Å². The molecule has 3 aromatic rings. The SMILES string of the molecule is Cc1ccc(Nc2c(C(=O)N(C)C3CC3)c(N(C=O)c3cccc(OC4COC4)c3)c(C)c(=O)n2C)c(F)c1. The molecule has 1 aliphatic heterocycles. The second-order valence-corrected chi connectivity index (χ2v) is 10.1. The second-order valence-electron chi connectivity index (χ2n) is 10.1. The molecule has 1 N–H and O–H groups in total. The third-order valence-electron chi connectivity index (χ3n) is 7.15. The van der Waals surface area contributed by atoms with Crippen LogP contribution in [0.3, 0.4) is 0 Å². The smallest absolute Gasteiger partial charge is 0.259 e. The maximum atomic E-state index is 14.9. The summed E-state index contributed by atoms with van der Waals surface area (Å²) in [7, 11) is 3.21. The van der Waals surface area contributed by atoms with Crippen LogP contribution < -0.4 is 20.5 Å². The van der Waals surface area contributed by atoms with E-state index in [2.05, 4.69) is 5.32 Å². The molecule has 1 aromatic heterocycles. The highest BCUT2D eigenvalue weighted by molar-refractivity contribution is 6.09. The lowest BCUT2D eigenvalue weighted by molar-refractivity contribution is -0.106. The quantitative estimate of drug-likeness (QED) is 0.414. The fraction of sp³-hybridized carbons (Fsp3) is 0.345. The van der Waals surface area contributed by atoms with Crippen molar-refractivity contribution in [2.75, 3.05) is 30.5 Å². The lowest BCUT2D eigenvalue weighted by atomic mass is 10.1. The molecule has 0 bridgehead atoms. The van der Waals surface area contributed by atoms with Gasteiger partial charge in [0.2, 0.25) is 6.41 Å². The van der Waals surface area contributed by atoms with Crippen molar-refractivity contribution in [3.8, 4) is 5.75 Å². The Balaban J connectivity index is 1.69. The molecule has 0 atom stereocenters. The molecule has 5 rings (SSSR count). The van der Waals surface area contributed by atoms with Gasteiger partial charge in [0, 0.05) is 31.8 Å². The van der Waals surface area contributed by atoms with Crippen LogP contribution in [0.2, 0.25) is 0 Å². The summed E-state index contributed by atoms with van der Waals surface area (Å²) in [6.07, 6.45) is 2.20. The first-order valence-electron chi connectivity index (χ1n) is 12.8. The molecule has 0 unspecified atom stereocenters. The highest BCUT2D eigenvalue weighted by Crippen LogP contribution is 2.38. The summed E-state index contributed by atoms with van der Waals surface area (Å²) in [5.74, 6) is -0.299. The molecular formula is C29H31FN4O5. The normalized spacial score (nSPS) is 14.9. The van der Waals surface area contributed by atoms with Crippen LogP contribution in [0, 0.1) is 19.7 Å². The van der Waals surface area contributed by atoms with Crippen LogP contribution >= 0.6 is 0 Å². The highest BCUT2D eigenvalue weighted by atomic mass is 19.1. The van der Waals surface area contributed by atoms with Gasteiger partial charge in [0.05, 0.1) is 30.3 Å². The number of carbonyl (C=O) groups excluding carboxylic acids is 2. The molecule has 39 heavy (non-hydrogen) atoms. The molecule has 1 saturated heterocycles. The zero-order chi connectivity index (χ0) is 27.8. The van der Waals surface area contributed by atoms with E-state index >= 15 is 0 Å². The molecular weight excluding hydrogens is 503 g/mol. The number of benzene rings is 2. The van der Waals surface area contributed by atoms with Crippen molar-refractivity contribution in [1.82, 2.24) is 9.47 Å². The topological polar surface area (TPSA) is 93.1 Å². The summed E-state index contributed by atoms with van der Waals surface area (Å²) < 4.78 is 27.3. The number of aryl methyl sites for hydroxylation is 1. The van der Waals surface area contributed by atoms with E-state index in [-0.39, 0.29) is 46.4 Å². The number of nitrogens with one attached hydrogen (secondary N) is 1. The number of nitrogens with zero attached hydrogens (tertiary/aromatic N) is 3. The molecule has 2 heterocycles. The molecule has 0 radical (unpaired) electrons. The number of aromatic nitrogens is 1. The third-order valence-corrected chi connectivity index (χ3v) is 7.15. The molecule has 9 nitrogen and oxygen atoms in total. The van der Waals surface area contributed by atoms with Crippen molar-refractivity contribution >= 4 is 35.2 Å². The number of hydrogen-bond donors (Lipinski definition) is 1. The fourth-order valence-electron chi connectivity index (χ4n) is 4.65. The van der Waals surface area contributed by atoms with E-state index in [1.807, 2.05) is 0 Å². The van der Waals surface area contributed by atoms with Crippen LogP contribution in [0.15, 0.2) is 47.3 Å². The molecule has 2 amide bonds. The van der Waals surface area contributed by atoms with E-state index < -0.39 is 11.4 Å². The lowest BCUT2D eigenvalue weighted by Gasteiger charge is -2.29. The predicted molar refractivity (Wildman–Crippen MR) is 146 cm³/mol. The van der Waals surface area contributed by atoms with Gasteiger partial charge in [-0.1, -0.05) is 12.1 Å². The van der Waals surface area contributed by atoms with Gasteiger partial charge in [-0.15, -0.1) is 0 Å². The molecule has 2 aliphatic rings. The molecule has 204 valence electrons. The Hall–Kier alpha value is -4.18. The Morgan fingerprint density at radius 1 is 1.18 bits per heavy atom. The Bertz CT molecular complexity index is 1500. The highest BCUT2D eigenvalue weighted by Gasteiger charge is 2.36. The molecule has 1 saturated carbocycles. The largest absolute Gasteiger partial charge is 0.486 e. The van der Waals surface area contributed by atoms with Crippen molar-refractivity contribution in [3.05, 3.63) is 75.3 Å². The number of amides is 2. The fourth-order valence-corrected chi connectivity index (χ4v) is 4.65. The summed E-state index contributed by atoms with van der Waals surface area (Å²) in [4.78, 5) is 43.0. The van der Waals surface area contributed by atoms with E-state index in [9.17, 15) is 18.8 Å². The molecule has 10 heteroatoms. The molecule has 0 spiro atoms. The van der Waals surface area contributed by atoms with Gasteiger partial charge in [-0.05, 0) is 56.5 Å². The Morgan fingerprint density at radius 3 is 2.54 bits per heavy atom. The van der Waals surface area contributed by atoms with E-state index in [1.165, 1.54) is 22.6 Å². The van der Waals surface area contributed by atoms with Crippen LogP contribution in [0.4, 0.5) is 27.3 Å². The van der Waals surface area contributed by atoms with E-state index in [1.54, 1.807) is 62.2 Å². The first-order chi connectivity index (χ1) is 18.7. The summed E-state index contributed by atoms with van der Waals surface area (Å²) in [6, 6.07) is 11.6. The van der Waals surface area contributed by atoms with E-state index in [0.29, 0.717) is 31.1 Å². The molecule has 1 aliphatic carbocycles. The van der Waals surface area contributed by atoms with Crippen LogP contribution in [-0.4, -0.2) is 54.2 Å². The average molecular weight is 535 g/mol. The van der Waals surface area contributed by atoms with Gasteiger partial charge in [0.15, 0.2) is 0 Å². The van der Waals surface area contributed by atoms with Gasteiger partial charge in [-0.2, -0.15) is 0 Å². The summed E-state index contributed by atoms with van der Waals surface area (Å²) in [6.45, 7) is 4.30. The minimum atomic E-state index is -0.532. The van der Waals surface area contributed by atoms with Crippen molar-refractivity contribution in [3.63, 3.8) is 0 Å². The van der Waals surface area contributed by atoms with Gasteiger partial charge in [0.25, 0.3) is 11.5 Å². The standard InChI is InChI=1S/C29H31FN4O5/c1-17-8-11-24(23(30)12-17)31-27-25(29(37)32(3)19-9-10-19)26(18(2)28(36)33(27)4)34(16-35)20-6-5-7-21(13-20)39-22-14-38-15-22/h5-8,11-13,16,19,22,31H,9-10,14-15H2,1-4H3. The number of pyridine rings is 1. The van der Waals surface area contributed by atoms with E-state index in [0.717, 1.165) is 18.4 Å². The predicted octanol–water partition coefficient (Wildman–Crippen LogP) is 4.19. The minimum absolute atomic E-state index is 0.0537. The maximum absolute atomic E-state index is 14.9. The monoisotopic (exact) mass is 534 g/mol. The molecule has 2 aromatic carbocycles. The van der Waals surface area contributed by atoms with Crippen LogP contribution in [0.25, 0.3) is 0 Å². The number of anilines is 4. The van der Waals surface area contributed by atoms with Gasteiger partial charge >= 0.3 is 0 Å². The molecule has 2 fully saturated rings. The Labute approximate surface area is 225 Å². The van der Waals surface area contributed by atoms with Crippen molar-refractivity contribution in [2.45, 2.75) is 38.8 Å². The number of rotatable bonds is 9. The van der Waals surface area contributed by atoms with Crippen LogP contribution in [-0.2, 0) is 16.6 Å². The summed E-state index contributed by atoms with van der Waals surface area (Å²) in [5, 5.41) is 2.98. The van der Waals surface area contributed by atoms with Gasteiger partial charge in [-0.3, -0.25) is 23.9 Å². The Kier molecular flexibility index (Phi) is 7.14. The van der Waals surface area contributed by atoms with Crippen molar-refractivity contribution < 1.29 is 23.5 Å². The zero-order valence-corrected chi connectivity index (χ0v) is 22.4. The Morgan fingerprint density at radius 2 is 1.92 bits per heavy atom. The van der Waals surface area contributed by atoms with E-state index in [4.69, 9.17) is 9.47 Å². The minimum Gasteiger partial charge on any atom is -0.486 e. The maximum Gasteiger partial charge on any atom is 0.259 e. The summed E-state index contributed by atoms with van der Waals surface area (Å²) in [5.41, 5.74) is 1.23. The number of ether oxygens (including phenoxy) is 2. The van der Waals surface area contributed by atoms with Crippen molar-refractivity contribution in [1.29, 1.82) is 0 Å². The average Bonchev–Trinajstić information content (AvgIpc) is 3.74. The second kappa shape index (κ2) is 10.5. The number of carbonyl (C=O) groups is 2. The number of halogens is 1. The first-order valence-corrected chi connectivity index (χ1v) is 12.8. The van der Waals surface area contributed by atoms with Crippen molar-refractivity contribution in [2.24, 2.45) is 7.05 Å². The zero-order valence-electron chi connectivity index (χ0n) is 22.4. The van der Waals surface area contributed by atoms with Gasteiger partial charge < -0.3 is 19.7 Å². The van der Waals surface area contributed by atoms with Crippen LogP contribution in [0.1, 0.15) is 34.3 Å². The summed E-state index contributed by atoms with van der Waals surface area (Å²) >= 11 is 0.